The second kappa shape index (κ2) is 10.9. The molecule has 198 valence electrons. The van der Waals surface area contributed by atoms with Gasteiger partial charge in [0.2, 0.25) is 0 Å². The third-order valence-corrected chi connectivity index (χ3v) is 7.30. The largest absolute Gasteiger partial charge is 0.358 e. The number of thioether (sulfide) groups is 1. The number of nitrogens with zero attached hydrogens (tertiary/aromatic N) is 2. The molecule has 0 fully saturated rings. The number of carbonyl (C=O) groups excluding carboxylic acids is 2. The number of halogens is 1. The number of amides is 1. The van der Waals surface area contributed by atoms with E-state index < -0.39 is 5.82 Å². The number of hydrogen-bond acceptors (Lipinski definition) is 5. The third kappa shape index (κ3) is 5.35. The number of para-hydroxylation sites is 1. The predicted molar refractivity (Wildman–Crippen MR) is 153 cm³/mol. The quantitative estimate of drug-likeness (QED) is 0.150. The Morgan fingerprint density at radius 3 is 2.54 bits per heavy atom. The molecule has 0 aliphatic carbocycles. The molecule has 2 aromatic heterocycles. The van der Waals surface area contributed by atoms with Crippen LogP contribution in [-0.2, 0) is 0 Å². The van der Waals surface area contributed by atoms with Gasteiger partial charge in [-0.3, -0.25) is 19.0 Å². The van der Waals surface area contributed by atoms with Crippen LogP contribution in [0.4, 0.5) is 4.39 Å². The van der Waals surface area contributed by atoms with Crippen LogP contribution in [0.3, 0.4) is 0 Å². The summed E-state index contributed by atoms with van der Waals surface area (Å²) in [5.74, 6) is -0.490. The van der Waals surface area contributed by atoms with Crippen molar-refractivity contribution in [3.8, 4) is 5.69 Å². The minimum Gasteiger partial charge on any atom is -0.358 e. The van der Waals surface area contributed by atoms with Crippen LogP contribution < -0.4 is 10.9 Å². The van der Waals surface area contributed by atoms with E-state index in [0.29, 0.717) is 34.3 Å². The molecular weight excluding hydrogens is 515 g/mol. The van der Waals surface area contributed by atoms with E-state index in [4.69, 9.17) is 4.98 Å². The van der Waals surface area contributed by atoms with Crippen molar-refractivity contribution >= 4 is 45.3 Å². The Balaban J connectivity index is 1.55. The molecule has 39 heavy (non-hydrogen) atoms. The fourth-order valence-corrected chi connectivity index (χ4v) is 5.34. The number of carbonyl (C=O) groups is 2. The molecule has 0 atom stereocenters. The van der Waals surface area contributed by atoms with Gasteiger partial charge in [-0.25, -0.2) is 9.37 Å². The Labute approximate surface area is 228 Å². The van der Waals surface area contributed by atoms with Gasteiger partial charge in [0.1, 0.15) is 5.82 Å². The van der Waals surface area contributed by atoms with E-state index in [2.05, 4.69) is 10.3 Å². The van der Waals surface area contributed by atoms with Gasteiger partial charge in [0, 0.05) is 34.3 Å². The van der Waals surface area contributed by atoms with Gasteiger partial charge in [-0.15, -0.1) is 0 Å². The molecule has 5 rings (SSSR count). The van der Waals surface area contributed by atoms with Crippen LogP contribution in [-0.4, -0.2) is 38.5 Å². The van der Waals surface area contributed by atoms with Crippen molar-refractivity contribution in [3.63, 3.8) is 0 Å². The first kappa shape index (κ1) is 26.4. The number of nitrogens with one attached hydrogen (secondary N) is 2. The number of rotatable bonds is 8. The second-order valence-electron chi connectivity index (χ2n) is 9.73. The number of aromatic amines is 1. The van der Waals surface area contributed by atoms with Crippen molar-refractivity contribution in [2.24, 2.45) is 5.92 Å². The Hall–Kier alpha value is -4.24. The molecule has 0 bridgehead atoms. The van der Waals surface area contributed by atoms with Crippen LogP contribution in [0.15, 0.2) is 76.7 Å². The van der Waals surface area contributed by atoms with Gasteiger partial charge in [0.25, 0.3) is 11.5 Å². The fraction of sp³-hybridized carbons (Fsp3) is 0.200. The molecule has 1 amide bonds. The van der Waals surface area contributed by atoms with E-state index >= 15 is 0 Å². The SMILES string of the molecule is Cc1[nH]c2ccccc2c1C(=O)CSc1nc2cc(C(=O)NCC(C)C)ccc2c(=O)n1-c1ccc(F)cc1. The lowest BCUT2D eigenvalue weighted by Crippen LogP contribution is -2.27. The summed E-state index contributed by atoms with van der Waals surface area (Å²) in [5.41, 5.74) is 3.01. The maximum Gasteiger partial charge on any atom is 0.266 e. The number of benzene rings is 3. The van der Waals surface area contributed by atoms with Crippen molar-refractivity contribution in [1.82, 2.24) is 19.9 Å². The van der Waals surface area contributed by atoms with Crippen LogP contribution in [0.5, 0.6) is 0 Å². The molecular formula is C30H27FN4O3S. The van der Waals surface area contributed by atoms with Crippen molar-refractivity contribution in [2.45, 2.75) is 25.9 Å². The summed E-state index contributed by atoms with van der Waals surface area (Å²) in [7, 11) is 0. The van der Waals surface area contributed by atoms with Gasteiger partial charge in [0.05, 0.1) is 22.3 Å². The highest BCUT2D eigenvalue weighted by molar-refractivity contribution is 7.99. The molecule has 0 aliphatic heterocycles. The lowest BCUT2D eigenvalue weighted by Gasteiger charge is -2.14. The van der Waals surface area contributed by atoms with Gasteiger partial charge in [-0.1, -0.05) is 43.8 Å². The maximum atomic E-state index is 13.7. The maximum absolute atomic E-state index is 13.7. The average Bonchev–Trinajstić information content (AvgIpc) is 3.26. The van der Waals surface area contributed by atoms with Gasteiger partial charge in [-0.2, -0.15) is 0 Å². The summed E-state index contributed by atoms with van der Waals surface area (Å²) in [4.78, 5) is 47.6. The summed E-state index contributed by atoms with van der Waals surface area (Å²) < 4.78 is 15.0. The zero-order valence-electron chi connectivity index (χ0n) is 21.7. The Kier molecular flexibility index (Phi) is 7.34. The number of H-pyrrole nitrogens is 1. The van der Waals surface area contributed by atoms with Crippen LogP contribution in [0, 0.1) is 18.7 Å². The summed E-state index contributed by atoms with van der Waals surface area (Å²) in [6.07, 6.45) is 0. The summed E-state index contributed by atoms with van der Waals surface area (Å²) >= 11 is 1.12. The first-order chi connectivity index (χ1) is 18.7. The second-order valence-corrected chi connectivity index (χ2v) is 10.7. The highest BCUT2D eigenvalue weighted by atomic mass is 32.2. The molecule has 0 aliphatic rings. The van der Waals surface area contributed by atoms with Crippen molar-refractivity contribution in [2.75, 3.05) is 12.3 Å². The number of fused-ring (bicyclic) bond motifs is 2. The van der Waals surface area contributed by atoms with Crippen molar-refractivity contribution in [1.29, 1.82) is 0 Å². The smallest absolute Gasteiger partial charge is 0.266 e. The van der Waals surface area contributed by atoms with E-state index in [-0.39, 0.29) is 34.1 Å². The van der Waals surface area contributed by atoms with Gasteiger partial charge >= 0.3 is 0 Å². The van der Waals surface area contributed by atoms with E-state index in [0.717, 1.165) is 28.4 Å². The zero-order valence-corrected chi connectivity index (χ0v) is 22.6. The van der Waals surface area contributed by atoms with E-state index in [9.17, 15) is 18.8 Å². The lowest BCUT2D eigenvalue weighted by atomic mass is 10.1. The minimum absolute atomic E-state index is 0.0242. The molecule has 0 saturated heterocycles. The zero-order chi connectivity index (χ0) is 27.7. The normalized spacial score (nSPS) is 11.4. The molecule has 9 heteroatoms. The van der Waals surface area contributed by atoms with Crippen molar-refractivity contribution < 1.29 is 14.0 Å². The Bertz CT molecular complexity index is 1770. The molecule has 0 spiro atoms. The Morgan fingerprint density at radius 1 is 1.05 bits per heavy atom. The molecule has 7 nitrogen and oxygen atoms in total. The highest BCUT2D eigenvalue weighted by Gasteiger charge is 2.20. The van der Waals surface area contributed by atoms with Crippen molar-refractivity contribution in [3.05, 3.63) is 99.7 Å². The van der Waals surface area contributed by atoms with Crippen LogP contribution in [0.2, 0.25) is 0 Å². The molecule has 3 aromatic carbocycles. The molecule has 5 aromatic rings. The summed E-state index contributed by atoms with van der Waals surface area (Å²) in [6.45, 7) is 6.38. The number of hydrogen-bond donors (Lipinski definition) is 2. The summed E-state index contributed by atoms with van der Waals surface area (Å²) in [5, 5.41) is 4.28. The standard InChI is InChI=1S/C30H27FN4O3S/c1-17(2)15-32-28(37)19-8-13-23-25(14-19)34-30(35(29(23)38)21-11-9-20(31)10-12-21)39-16-26(36)27-18(3)33-24-7-5-4-6-22(24)27/h4-14,17,33H,15-16H2,1-3H3,(H,32,37). The summed E-state index contributed by atoms with van der Waals surface area (Å²) in [6, 6.07) is 17.9. The van der Waals surface area contributed by atoms with E-state index in [1.807, 2.05) is 45.0 Å². The average molecular weight is 543 g/mol. The predicted octanol–water partition coefficient (Wildman–Crippen LogP) is 5.68. The number of aryl methyl sites for hydroxylation is 1. The molecule has 2 N–H and O–H groups in total. The van der Waals surface area contributed by atoms with Crippen LogP contribution >= 0.6 is 11.8 Å². The minimum atomic E-state index is -0.434. The van der Waals surface area contributed by atoms with E-state index in [1.54, 1.807) is 18.2 Å². The van der Waals surface area contributed by atoms with Gasteiger partial charge < -0.3 is 10.3 Å². The molecule has 2 heterocycles. The topological polar surface area (TPSA) is 96.8 Å². The van der Waals surface area contributed by atoms with Gasteiger partial charge in [-0.05, 0) is 61.4 Å². The van der Waals surface area contributed by atoms with Crippen LogP contribution in [0.1, 0.15) is 40.3 Å². The monoisotopic (exact) mass is 542 g/mol. The van der Waals surface area contributed by atoms with Gasteiger partial charge in [0.15, 0.2) is 10.9 Å². The van der Waals surface area contributed by atoms with E-state index in [1.165, 1.54) is 28.8 Å². The number of aromatic nitrogens is 3. The first-order valence-electron chi connectivity index (χ1n) is 12.6. The lowest BCUT2D eigenvalue weighted by molar-refractivity contribution is 0.0948. The van der Waals surface area contributed by atoms with Crippen LogP contribution in [0.25, 0.3) is 27.5 Å². The fourth-order valence-electron chi connectivity index (χ4n) is 4.46. The Morgan fingerprint density at radius 2 is 1.79 bits per heavy atom. The first-order valence-corrected chi connectivity index (χ1v) is 13.6. The molecule has 0 unspecified atom stereocenters. The molecule has 0 saturated carbocycles. The number of Topliss-reactive ketones (excluding diaryl/α,β-unsaturated/α-hetero) is 1. The number of ketones is 1. The third-order valence-electron chi connectivity index (χ3n) is 6.36. The highest BCUT2D eigenvalue weighted by Crippen LogP contribution is 2.27. The molecule has 0 radical (unpaired) electrons.